The van der Waals surface area contributed by atoms with Crippen molar-refractivity contribution in [2.24, 2.45) is 0 Å². The molecule has 8 heteroatoms. The van der Waals surface area contributed by atoms with Gasteiger partial charge in [-0.3, -0.25) is 20.6 Å². The number of carbonyl (C=O) groups excluding carboxylic acids is 1. The Morgan fingerprint density at radius 2 is 1.77 bits per heavy atom. The lowest BCUT2D eigenvalue weighted by Crippen LogP contribution is -2.42. The van der Waals surface area contributed by atoms with Crippen LogP contribution in [0.1, 0.15) is 38.4 Å². The summed E-state index contributed by atoms with van der Waals surface area (Å²) in [5.74, 6) is 0.825. The van der Waals surface area contributed by atoms with Crippen LogP contribution in [0.2, 0.25) is 0 Å². The maximum Gasteiger partial charge on any atom is 0.269 e. The highest BCUT2D eigenvalue weighted by Gasteiger charge is 2.25. The molecule has 4 rings (SSSR count). The van der Waals surface area contributed by atoms with Gasteiger partial charge in [-0.1, -0.05) is 48.2 Å². The van der Waals surface area contributed by atoms with E-state index < -0.39 is 0 Å². The van der Waals surface area contributed by atoms with Crippen molar-refractivity contribution in [3.63, 3.8) is 0 Å². The molecule has 2 heterocycles. The molecule has 6 nitrogen and oxygen atoms in total. The van der Waals surface area contributed by atoms with Crippen LogP contribution >= 0.6 is 28.7 Å². The number of carbonyl (C=O) groups is 1. The summed E-state index contributed by atoms with van der Waals surface area (Å²) in [6.07, 6.45) is 0. The summed E-state index contributed by atoms with van der Waals surface area (Å²) in [6, 6.07) is 17.2. The van der Waals surface area contributed by atoms with Crippen LogP contribution in [0.5, 0.6) is 0 Å². The summed E-state index contributed by atoms with van der Waals surface area (Å²) in [7, 11) is 0. The average Bonchev–Trinajstić information content (AvgIpc) is 3.02. The van der Waals surface area contributed by atoms with E-state index in [0.29, 0.717) is 17.9 Å². The molecular weight excluding hydrogens is 462 g/mol. The molecule has 3 aromatic rings. The van der Waals surface area contributed by atoms with E-state index in [1.54, 1.807) is 28.9 Å². The van der Waals surface area contributed by atoms with E-state index in [1.807, 2.05) is 56.3 Å². The van der Waals surface area contributed by atoms with Crippen LogP contribution < -0.4 is 5.43 Å². The summed E-state index contributed by atoms with van der Waals surface area (Å²) in [4.78, 5) is 21.5. The largest absolute Gasteiger partial charge is 0.283 e. The molecule has 0 saturated carbocycles. The molecule has 154 valence electrons. The van der Waals surface area contributed by atoms with Gasteiger partial charge < -0.3 is 0 Å². The Bertz CT molecular complexity index is 1070. The number of rotatable bonds is 5. The number of aryl methyl sites for hydroxylation is 2. The molecule has 0 radical (unpaired) electrons. The van der Waals surface area contributed by atoms with Crippen molar-refractivity contribution in [2.75, 3.05) is 0 Å². The van der Waals surface area contributed by atoms with Crippen LogP contribution in [0, 0.1) is 19.3 Å². The van der Waals surface area contributed by atoms with E-state index in [9.17, 15) is 4.79 Å². The summed E-state index contributed by atoms with van der Waals surface area (Å²) < 4.78 is 0. The Morgan fingerprint density at radius 3 is 2.43 bits per heavy atom. The van der Waals surface area contributed by atoms with Gasteiger partial charge in [-0.2, -0.15) is 0 Å². The number of halogens is 1. The Labute approximate surface area is 190 Å². The molecule has 0 bridgehead atoms. The predicted octanol–water partition coefficient (Wildman–Crippen LogP) is 4.45. The molecule has 1 aliphatic heterocycles. The normalized spacial score (nSPS) is 12.3. The summed E-state index contributed by atoms with van der Waals surface area (Å²) in [6.45, 7) is 4.43. The van der Waals surface area contributed by atoms with Crippen LogP contribution in [0.25, 0.3) is 0 Å². The Hall–Kier alpha value is -2.71. The van der Waals surface area contributed by atoms with Crippen molar-refractivity contribution in [3.05, 3.63) is 88.2 Å². The van der Waals surface area contributed by atoms with Crippen LogP contribution in [0.3, 0.4) is 0 Å². The molecule has 1 aromatic heterocycles. The zero-order valence-electron chi connectivity index (χ0n) is 16.7. The maximum absolute atomic E-state index is 12.6. The lowest BCUT2D eigenvalue weighted by atomic mass is 10.1. The SMILES string of the molecule is Br.Cc1cc(C)nc(SCc2ccc(C(=O)NN3Cc4ccccc4C3=N)cc2)n1. The standard InChI is InChI=1S/C22H21N5OS.BrH/c1-14-11-15(2)25-22(24-14)29-13-16-7-9-17(10-8-16)21(28)26-27-12-18-5-3-4-6-19(18)20(27)23;/h3-11,23H,12-13H2,1-2H3,(H,26,28);1H. The Kier molecular flexibility index (Phi) is 6.89. The van der Waals surface area contributed by atoms with E-state index in [2.05, 4.69) is 15.4 Å². The van der Waals surface area contributed by atoms with Gasteiger partial charge in [0.25, 0.3) is 5.91 Å². The van der Waals surface area contributed by atoms with Gasteiger partial charge in [-0.25, -0.2) is 9.97 Å². The van der Waals surface area contributed by atoms with E-state index in [-0.39, 0.29) is 22.9 Å². The molecule has 0 unspecified atom stereocenters. The van der Waals surface area contributed by atoms with Crippen LogP contribution in [0.15, 0.2) is 59.8 Å². The first-order valence-corrected chi connectivity index (χ1v) is 10.3. The minimum atomic E-state index is -0.223. The number of aromatic nitrogens is 2. The smallest absolute Gasteiger partial charge is 0.269 e. The number of benzene rings is 2. The van der Waals surface area contributed by atoms with Gasteiger partial charge in [0, 0.05) is 28.3 Å². The lowest BCUT2D eigenvalue weighted by Gasteiger charge is -2.19. The van der Waals surface area contributed by atoms with Crippen molar-refractivity contribution in [1.82, 2.24) is 20.4 Å². The maximum atomic E-state index is 12.6. The van der Waals surface area contributed by atoms with Gasteiger partial charge in [-0.15, -0.1) is 17.0 Å². The number of thioether (sulfide) groups is 1. The minimum Gasteiger partial charge on any atom is -0.283 e. The highest BCUT2D eigenvalue weighted by atomic mass is 79.9. The molecule has 0 spiro atoms. The lowest BCUT2D eigenvalue weighted by molar-refractivity contribution is 0.0869. The summed E-state index contributed by atoms with van der Waals surface area (Å²) in [5, 5.41) is 10.6. The predicted molar refractivity (Wildman–Crippen MR) is 124 cm³/mol. The molecule has 1 aliphatic rings. The van der Waals surface area contributed by atoms with Crippen LogP contribution in [-0.4, -0.2) is 26.7 Å². The molecule has 0 atom stereocenters. The van der Waals surface area contributed by atoms with Gasteiger partial charge in [-0.05, 0) is 43.2 Å². The van der Waals surface area contributed by atoms with Crippen LogP contribution in [-0.2, 0) is 12.3 Å². The zero-order valence-corrected chi connectivity index (χ0v) is 19.2. The second-order valence-corrected chi connectivity index (χ2v) is 7.89. The molecule has 2 N–H and O–H groups in total. The molecule has 30 heavy (non-hydrogen) atoms. The number of amides is 1. The van der Waals surface area contributed by atoms with Gasteiger partial charge >= 0.3 is 0 Å². The van der Waals surface area contributed by atoms with Gasteiger partial charge in [0.1, 0.15) is 5.84 Å². The fraction of sp³-hybridized carbons (Fsp3) is 0.182. The number of nitrogens with one attached hydrogen (secondary N) is 2. The second-order valence-electron chi connectivity index (χ2n) is 6.95. The fourth-order valence-corrected chi connectivity index (χ4v) is 4.13. The average molecular weight is 484 g/mol. The first kappa shape index (κ1) is 22.0. The zero-order chi connectivity index (χ0) is 20.4. The number of hydrogen-bond donors (Lipinski definition) is 2. The number of nitrogens with zero attached hydrogens (tertiary/aromatic N) is 3. The number of hydrogen-bond acceptors (Lipinski definition) is 5. The van der Waals surface area contributed by atoms with E-state index in [0.717, 1.165) is 39.0 Å². The third kappa shape index (κ3) is 4.88. The van der Waals surface area contributed by atoms with E-state index in [4.69, 9.17) is 5.41 Å². The molecule has 0 saturated heterocycles. The summed E-state index contributed by atoms with van der Waals surface area (Å²) >= 11 is 1.58. The van der Waals surface area contributed by atoms with E-state index >= 15 is 0 Å². The quantitative estimate of drug-likeness (QED) is 0.413. The van der Waals surface area contributed by atoms with Crippen molar-refractivity contribution in [3.8, 4) is 0 Å². The van der Waals surface area contributed by atoms with Gasteiger partial charge in [0.2, 0.25) is 0 Å². The first-order valence-electron chi connectivity index (χ1n) is 9.29. The van der Waals surface area contributed by atoms with Crippen molar-refractivity contribution in [1.29, 1.82) is 5.41 Å². The fourth-order valence-electron chi connectivity index (χ4n) is 3.22. The monoisotopic (exact) mass is 483 g/mol. The molecule has 2 aromatic carbocycles. The van der Waals surface area contributed by atoms with Gasteiger partial charge in [0.15, 0.2) is 5.16 Å². The number of hydrazine groups is 1. The summed E-state index contributed by atoms with van der Waals surface area (Å²) in [5.41, 5.74) is 8.30. The highest BCUT2D eigenvalue weighted by molar-refractivity contribution is 8.93. The topological polar surface area (TPSA) is 82.0 Å². The Balaban J connectivity index is 0.00000256. The van der Waals surface area contributed by atoms with Crippen molar-refractivity contribution in [2.45, 2.75) is 31.3 Å². The van der Waals surface area contributed by atoms with Crippen molar-refractivity contribution < 1.29 is 4.79 Å². The first-order chi connectivity index (χ1) is 14.0. The third-order valence-corrected chi connectivity index (χ3v) is 5.57. The molecule has 0 aliphatic carbocycles. The molecular formula is C22H22BrN5OS. The highest BCUT2D eigenvalue weighted by Crippen LogP contribution is 2.22. The molecule has 0 fully saturated rings. The minimum absolute atomic E-state index is 0. The molecule has 1 amide bonds. The second kappa shape index (κ2) is 9.40. The Morgan fingerprint density at radius 1 is 1.10 bits per heavy atom. The number of fused-ring (bicyclic) bond motifs is 1. The van der Waals surface area contributed by atoms with Crippen molar-refractivity contribution >= 4 is 40.5 Å². The number of amidine groups is 1. The third-order valence-electron chi connectivity index (χ3n) is 4.65. The van der Waals surface area contributed by atoms with E-state index in [1.165, 1.54) is 0 Å². The van der Waals surface area contributed by atoms with Crippen LogP contribution in [0.4, 0.5) is 0 Å². The van der Waals surface area contributed by atoms with Gasteiger partial charge in [0.05, 0.1) is 6.54 Å².